The second-order valence-corrected chi connectivity index (χ2v) is 5.31. The maximum atomic E-state index is 11.7. The predicted octanol–water partition coefficient (Wildman–Crippen LogP) is 2.58. The molecule has 4 nitrogen and oxygen atoms in total. The molecule has 0 aliphatic carbocycles. The van der Waals surface area contributed by atoms with E-state index in [9.17, 15) is 4.79 Å². The first kappa shape index (κ1) is 14.6. The lowest BCUT2D eigenvalue weighted by molar-refractivity contribution is -0.118. The maximum Gasteiger partial charge on any atom is 0.244 e. The molecule has 0 saturated carbocycles. The van der Waals surface area contributed by atoms with Gasteiger partial charge in [-0.1, -0.05) is 40.2 Å². The third-order valence-corrected chi connectivity index (χ3v) is 3.38. The number of amides is 1. The topological polar surface area (TPSA) is 75.4 Å². The molecule has 5 heteroatoms. The van der Waals surface area contributed by atoms with Gasteiger partial charge in [0.25, 0.3) is 0 Å². The molecule has 2 rings (SSSR count). The van der Waals surface area contributed by atoms with Crippen LogP contribution in [0, 0.1) is 0 Å². The molecule has 0 spiro atoms. The van der Waals surface area contributed by atoms with Gasteiger partial charge in [0.05, 0.1) is 6.61 Å². The lowest BCUT2D eigenvalue weighted by atomic mass is 10.1. The number of aliphatic hydroxyl groups excluding tert-OH is 1. The quantitative estimate of drug-likeness (QED) is 0.786. The van der Waals surface area contributed by atoms with Crippen LogP contribution in [0.5, 0.6) is 0 Å². The summed E-state index contributed by atoms with van der Waals surface area (Å²) in [7, 11) is 0. The van der Waals surface area contributed by atoms with Gasteiger partial charge in [-0.05, 0) is 35.4 Å². The van der Waals surface area contributed by atoms with E-state index in [1.54, 1.807) is 6.07 Å². The normalized spacial score (nSPS) is 11.9. The molecule has 2 aromatic rings. The van der Waals surface area contributed by atoms with Crippen molar-refractivity contribution in [3.8, 4) is 0 Å². The maximum absolute atomic E-state index is 11.7. The number of carbonyl (C=O) groups is 1. The molecule has 2 aromatic carbocycles. The molecule has 1 atom stereocenters. The first-order valence-corrected chi connectivity index (χ1v) is 6.90. The Morgan fingerprint density at radius 3 is 2.65 bits per heavy atom. The highest BCUT2D eigenvalue weighted by Crippen LogP contribution is 2.23. The number of anilines is 1. The molecule has 0 aliphatic heterocycles. The third-order valence-electron chi connectivity index (χ3n) is 2.89. The summed E-state index contributed by atoms with van der Waals surface area (Å²) in [4.78, 5) is 11.7. The zero-order valence-electron chi connectivity index (χ0n) is 10.7. The van der Waals surface area contributed by atoms with E-state index in [0.29, 0.717) is 0 Å². The van der Waals surface area contributed by atoms with Crippen LogP contribution in [-0.4, -0.2) is 11.0 Å². The van der Waals surface area contributed by atoms with Gasteiger partial charge < -0.3 is 16.2 Å². The predicted molar refractivity (Wildman–Crippen MR) is 82.1 cm³/mol. The fourth-order valence-electron chi connectivity index (χ4n) is 1.93. The van der Waals surface area contributed by atoms with Crippen molar-refractivity contribution in [1.29, 1.82) is 0 Å². The summed E-state index contributed by atoms with van der Waals surface area (Å²) in [5.74, 6) is -0.461. The largest absolute Gasteiger partial charge is 0.392 e. The van der Waals surface area contributed by atoms with E-state index >= 15 is 0 Å². The number of rotatable bonds is 5. The molecular weight excluding hydrogens is 320 g/mol. The lowest BCUT2D eigenvalue weighted by Crippen LogP contribution is -2.27. The Bertz CT molecular complexity index is 616. The molecule has 20 heavy (non-hydrogen) atoms. The van der Waals surface area contributed by atoms with Gasteiger partial charge in [-0.3, -0.25) is 4.79 Å². The SMILES string of the molecule is NC(=O)C(Nc1cccc(CO)c1)c1cccc(Br)c1. The van der Waals surface area contributed by atoms with Crippen LogP contribution in [0.3, 0.4) is 0 Å². The average Bonchev–Trinajstić information content (AvgIpc) is 2.44. The Morgan fingerprint density at radius 2 is 2.00 bits per heavy atom. The molecular formula is C15H15BrN2O2. The zero-order valence-corrected chi connectivity index (χ0v) is 12.3. The van der Waals surface area contributed by atoms with Gasteiger partial charge in [0.1, 0.15) is 6.04 Å². The van der Waals surface area contributed by atoms with Gasteiger partial charge in [0.2, 0.25) is 5.91 Å². The number of halogens is 1. The minimum Gasteiger partial charge on any atom is -0.392 e. The van der Waals surface area contributed by atoms with Crippen LogP contribution in [0.15, 0.2) is 53.0 Å². The van der Waals surface area contributed by atoms with E-state index in [1.807, 2.05) is 42.5 Å². The van der Waals surface area contributed by atoms with Crippen molar-refractivity contribution in [3.63, 3.8) is 0 Å². The number of nitrogens with two attached hydrogens (primary N) is 1. The number of hydrogen-bond acceptors (Lipinski definition) is 3. The summed E-state index contributed by atoms with van der Waals surface area (Å²) in [6.45, 7) is -0.0480. The monoisotopic (exact) mass is 334 g/mol. The second-order valence-electron chi connectivity index (χ2n) is 4.39. The first-order valence-electron chi connectivity index (χ1n) is 6.11. The highest BCUT2D eigenvalue weighted by molar-refractivity contribution is 9.10. The van der Waals surface area contributed by atoms with Crippen molar-refractivity contribution in [1.82, 2.24) is 0 Å². The van der Waals surface area contributed by atoms with Crippen molar-refractivity contribution in [2.45, 2.75) is 12.6 Å². The molecule has 104 valence electrons. The fourth-order valence-corrected chi connectivity index (χ4v) is 2.35. The molecule has 0 aromatic heterocycles. The van der Waals surface area contributed by atoms with E-state index in [0.717, 1.165) is 21.3 Å². The van der Waals surface area contributed by atoms with E-state index in [2.05, 4.69) is 21.2 Å². The summed E-state index contributed by atoms with van der Waals surface area (Å²) < 4.78 is 0.882. The summed E-state index contributed by atoms with van der Waals surface area (Å²) in [5, 5.41) is 12.2. The Morgan fingerprint density at radius 1 is 1.25 bits per heavy atom. The van der Waals surface area contributed by atoms with E-state index in [-0.39, 0.29) is 6.61 Å². The fraction of sp³-hybridized carbons (Fsp3) is 0.133. The lowest BCUT2D eigenvalue weighted by Gasteiger charge is -2.18. The molecule has 0 aliphatic rings. The summed E-state index contributed by atoms with van der Waals surface area (Å²) >= 11 is 3.37. The highest BCUT2D eigenvalue weighted by atomic mass is 79.9. The molecule has 1 unspecified atom stereocenters. The van der Waals surface area contributed by atoms with Crippen LogP contribution in [0.1, 0.15) is 17.2 Å². The Labute approximate surface area is 125 Å². The smallest absolute Gasteiger partial charge is 0.244 e. The molecule has 4 N–H and O–H groups in total. The van der Waals surface area contributed by atoms with Crippen LogP contribution in [0.2, 0.25) is 0 Å². The van der Waals surface area contributed by atoms with E-state index in [4.69, 9.17) is 10.8 Å². The standard InChI is InChI=1S/C15H15BrN2O2/c16-12-5-2-4-11(8-12)14(15(17)20)18-13-6-1-3-10(7-13)9-19/h1-8,14,18-19H,9H2,(H2,17,20). The average molecular weight is 335 g/mol. The number of primary amides is 1. The number of benzene rings is 2. The van der Waals surface area contributed by atoms with Crippen LogP contribution in [0.25, 0.3) is 0 Å². The first-order chi connectivity index (χ1) is 9.60. The van der Waals surface area contributed by atoms with E-state index in [1.165, 1.54) is 0 Å². The number of nitrogens with one attached hydrogen (secondary N) is 1. The summed E-state index contributed by atoms with van der Waals surface area (Å²) in [6.07, 6.45) is 0. The van der Waals surface area contributed by atoms with Gasteiger partial charge >= 0.3 is 0 Å². The van der Waals surface area contributed by atoms with Gasteiger partial charge in [-0.25, -0.2) is 0 Å². The van der Waals surface area contributed by atoms with Crippen molar-refractivity contribution >= 4 is 27.5 Å². The van der Waals surface area contributed by atoms with Gasteiger partial charge in [0, 0.05) is 10.2 Å². The minimum absolute atomic E-state index is 0.0480. The van der Waals surface area contributed by atoms with Crippen LogP contribution in [-0.2, 0) is 11.4 Å². The number of carbonyl (C=O) groups excluding carboxylic acids is 1. The zero-order chi connectivity index (χ0) is 14.5. The molecule has 1 amide bonds. The van der Waals surface area contributed by atoms with Crippen molar-refractivity contribution < 1.29 is 9.90 Å². The van der Waals surface area contributed by atoms with E-state index < -0.39 is 11.9 Å². The van der Waals surface area contributed by atoms with Gasteiger partial charge in [0.15, 0.2) is 0 Å². The van der Waals surface area contributed by atoms with Crippen molar-refractivity contribution in [3.05, 3.63) is 64.1 Å². The molecule has 0 saturated heterocycles. The third kappa shape index (κ3) is 3.59. The molecule has 0 fully saturated rings. The minimum atomic E-state index is -0.624. The van der Waals surface area contributed by atoms with Crippen LogP contribution in [0.4, 0.5) is 5.69 Å². The molecule has 0 heterocycles. The summed E-state index contributed by atoms with van der Waals surface area (Å²) in [6, 6.07) is 14.0. The highest BCUT2D eigenvalue weighted by Gasteiger charge is 2.17. The van der Waals surface area contributed by atoms with Gasteiger partial charge in [-0.2, -0.15) is 0 Å². The Kier molecular flexibility index (Phi) is 4.76. The molecule has 0 radical (unpaired) electrons. The van der Waals surface area contributed by atoms with Gasteiger partial charge in [-0.15, -0.1) is 0 Å². The second kappa shape index (κ2) is 6.54. The number of aliphatic hydroxyl groups is 1. The van der Waals surface area contributed by atoms with Crippen molar-refractivity contribution in [2.75, 3.05) is 5.32 Å². The summed E-state index contributed by atoms with van der Waals surface area (Å²) in [5.41, 5.74) is 7.76. The van der Waals surface area contributed by atoms with Crippen molar-refractivity contribution in [2.24, 2.45) is 5.73 Å². The van der Waals surface area contributed by atoms with Crippen LogP contribution >= 0.6 is 15.9 Å². The molecule has 0 bridgehead atoms. The Hall–Kier alpha value is -1.85. The Balaban J connectivity index is 2.28. The number of hydrogen-bond donors (Lipinski definition) is 3. The van der Waals surface area contributed by atoms with Crippen LogP contribution < -0.4 is 11.1 Å².